The lowest BCUT2D eigenvalue weighted by molar-refractivity contribution is 0.0591. The third kappa shape index (κ3) is 5.54. The molecule has 10 nitrogen and oxygen atoms in total. The summed E-state index contributed by atoms with van der Waals surface area (Å²) in [5.74, 6) is 1.08. The quantitative estimate of drug-likeness (QED) is 0.229. The zero-order valence-corrected chi connectivity index (χ0v) is 21.8. The molecule has 34 heavy (non-hydrogen) atoms. The van der Waals surface area contributed by atoms with E-state index in [1.807, 2.05) is 29.8 Å². The first kappa shape index (κ1) is 24.1. The van der Waals surface area contributed by atoms with E-state index in [4.69, 9.17) is 9.72 Å². The van der Waals surface area contributed by atoms with Crippen LogP contribution in [0.2, 0.25) is 25.7 Å². The number of benzene rings is 1. The van der Waals surface area contributed by atoms with Crippen LogP contribution >= 0.6 is 0 Å². The molecular formula is C23H34N8O2Si. The molecule has 182 valence electrons. The average Bonchev–Trinajstić information content (AvgIpc) is 3.34. The summed E-state index contributed by atoms with van der Waals surface area (Å²) in [6, 6.07) is 6.99. The standard InChI is InChI=1S/C23H34N8O2Si/c1-23(2,32)13-31-18-9-7-8-17(16(18)12-26-31)27-22-28-20(24-3)19-21(29-22)30(14-25-19)15-33-10-11-34(4,5)6/h7-9,12,14,32H,10-11,13,15H2,1-6H3,(H2,24,27,28,29). The number of nitrogens with zero attached hydrogens (tertiary/aromatic N) is 6. The van der Waals surface area contributed by atoms with Crippen molar-refractivity contribution >= 4 is 47.6 Å². The van der Waals surface area contributed by atoms with Gasteiger partial charge in [0.1, 0.15) is 6.73 Å². The van der Waals surface area contributed by atoms with E-state index in [0.717, 1.165) is 29.2 Å². The first-order valence-electron chi connectivity index (χ1n) is 11.5. The highest BCUT2D eigenvalue weighted by Crippen LogP contribution is 2.28. The molecule has 0 aliphatic carbocycles. The molecule has 4 aromatic rings. The van der Waals surface area contributed by atoms with Crippen molar-refractivity contribution in [1.29, 1.82) is 0 Å². The van der Waals surface area contributed by atoms with Gasteiger partial charge in [0.15, 0.2) is 17.0 Å². The second kappa shape index (κ2) is 9.32. The first-order valence-corrected chi connectivity index (χ1v) is 15.2. The van der Waals surface area contributed by atoms with Crippen molar-refractivity contribution in [2.75, 3.05) is 24.3 Å². The molecule has 3 aromatic heterocycles. The highest BCUT2D eigenvalue weighted by Gasteiger charge is 2.18. The molecule has 3 N–H and O–H groups in total. The lowest BCUT2D eigenvalue weighted by Gasteiger charge is -2.17. The number of anilines is 3. The smallest absolute Gasteiger partial charge is 0.231 e. The lowest BCUT2D eigenvalue weighted by Crippen LogP contribution is -2.26. The molecule has 0 atom stereocenters. The van der Waals surface area contributed by atoms with Crippen LogP contribution in [-0.2, 0) is 18.0 Å². The molecule has 0 fully saturated rings. The number of fused-ring (bicyclic) bond motifs is 2. The summed E-state index contributed by atoms with van der Waals surface area (Å²) in [5, 5.41) is 22.1. The summed E-state index contributed by atoms with van der Waals surface area (Å²) >= 11 is 0. The maximum atomic E-state index is 10.2. The van der Waals surface area contributed by atoms with Crippen molar-refractivity contribution in [3.05, 3.63) is 30.7 Å². The fraction of sp³-hybridized carbons (Fsp3) is 0.478. The Hall–Kier alpha value is -3.02. The van der Waals surface area contributed by atoms with Crippen LogP contribution in [0.5, 0.6) is 0 Å². The molecule has 4 rings (SSSR count). The molecule has 0 amide bonds. The predicted molar refractivity (Wildman–Crippen MR) is 138 cm³/mol. The summed E-state index contributed by atoms with van der Waals surface area (Å²) in [5.41, 5.74) is 2.27. The molecular weight excluding hydrogens is 448 g/mol. The number of aliphatic hydroxyl groups is 1. The van der Waals surface area contributed by atoms with E-state index < -0.39 is 13.7 Å². The van der Waals surface area contributed by atoms with Crippen molar-refractivity contribution in [1.82, 2.24) is 29.3 Å². The predicted octanol–water partition coefficient (Wildman–Crippen LogP) is 4.04. The Labute approximate surface area is 200 Å². The van der Waals surface area contributed by atoms with Crippen molar-refractivity contribution < 1.29 is 9.84 Å². The van der Waals surface area contributed by atoms with Gasteiger partial charge in [0.25, 0.3) is 0 Å². The number of ether oxygens (including phenoxy) is 1. The number of aromatic nitrogens is 6. The molecule has 0 aliphatic heterocycles. The fourth-order valence-electron chi connectivity index (χ4n) is 3.64. The summed E-state index contributed by atoms with van der Waals surface area (Å²) in [4.78, 5) is 13.8. The molecule has 0 radical (unpaired) electrons. The Bertz CT molecular complexity index is 1290. The monoisotopic (exact) mass is 482 g/mol. The highest BCUT2D eigenvalue weighted by atomic mass is 28.3. The van der Waals surface area contributed by atoms with Gasteiger partial charge >= 0.3 is 0 Å². The molecule has 3 heterocycles. The normalized spacial score (nSPS) is 12.6. The van der Waals surface area contributed by atoms with Gasteiger partial charge in [-0.3, -0.25) is 9.25 Å². The average molecular weight is 483 g/mol. The van der Waals surface area contributed by atoms with Gasteiger partial charge in [0, 0.05) is 27.1 Å². The van der Waals surface area contributed by atoms with Crippen molar-refractivity contribution in [3.63, 3.8) is 0 Å². The van der Waals surface area contributed by atoms with Gasteiger partial charge in [0.05, 0.1) is 35.9 Å². The minimum Gasteiger partial charge on any atom is -0.389 e. The molecule has 11 heteroatoms. The molecule has 0 saturated heterocycles. The van der Waals surface area contributed by atoms with Gasteiger partial charge in [0.2, 0.25) is 5.95 Å². The number of rotatable bonds is 10. The van der Waals surface area contributed by atoms with E-state index in [0.29, 0.717) is 36.2 Å². The van der Waals surface area contributed by atoms with Crippen LogP contribution in [-0.4, -0.2) is 61.7 Å². The molecule has 1 aromatic carbocycles. The first-order chi connectivity index (χ1) is 16.0. The number of hydrogen-bond acceptors (Lipinski definition) is 8. The molecule has 0 saturated carbocycles. The van der Waals surface area contributed by atoms with Crippen LogP contribution in [0.3, 0.4) is 0 Å². The van der Waals surface area contributed by atoms with Crippen LogP contribution in [0.25, 0.3) is 22.1 Å². The van der Waals surface area contributed by atoms with E-state index in [2.05, 4.69) is 45.3 Å². The van der Waals surface area contributed by atoms with Gasteiger partial charge in [-0.2, -0.15) is 15.1 Å². The van der Waals surface area contributed by atoms with Gasteiger partial charge in [-0.05, 0) is 32.0 Å². The SMILES string of the molecule is CNc1nc(Nc2cccc3c2cnn3CC(C)(C)O)nc2c1ncn2COCC[Si](C)(C)C. The zero-order valence-electron chi connectivity index (χ0n) is 20.8. The minimum atomic E-state index is -1.15. The third-order valence-electron chi connectivity index (χ3n) is 5.40. The Morgan fingerprint density at radius 1 is 1.18 bits per heavy atom. The van der Waals surface area contributed by atoms with Crippen molar-refractivity contribution in [3.8, 4) is 0 Å². The summed E-state index contributed by atoms with van der Waals surface area (Å²) in [6.07, 6.45) is 3.53. The summed E-state index contributed by atoms with van der Waals surface area (Å²) < 4.78 is 9.62. The van der Waals surface area contributed by atoms with E-state index in [1.165, 1.54) is 0 Å². The number of imidazole rings is 1. The van der Waals surface area contributed by atoms with Gasteiger partial charge in [-0.15, -0.1) is 0 Å². The third-order valence-corrected chi connectivity index (χ3v) is 7.10. The topological polar surface area (TPSA) is 115 Å². The van der Waals surface area contributed by atoms with Crippen molar-refractivity contribution in [2.45, 2.75) is 58.4 Å². The largest absolute Gasteiger partial charge is 0.389 e. The van der Waals surface area contributed by atoms with Crippen LogP contribution < -0.4 is 10.6 Å². The van der Waals surface area contributed by atoms with Crippen molar-refractivity contribution in [2.24, 2.45) is 0 Å². The van der Waals surface area contributed by atoms with Crippen LogP contribution in [0.1, 0.15) is 13.8 Å². The summed E-state index contributed by atoms with van der Waals surface area (Å²) in [6.45, 7) is 12.0. The second-order valence-corrected chi connectivity index (χ2v) is 16.0. The number of nitrogens with one attached hydrogen (secondary N) is 2. The molecule has 0 aliphatic rings. The van der Waals surface area contributed by atoms with E-state index >= 15 is 0 Å². The van der Waals surface area contributed by atoms with Crippen LogP contribution in [0, 0.1) is 0 Å². The molecule has 0 spiro atoms. The zero-order chi connectivity index (χ0) is 24.5. The lowest BCUT2D eigenvalue weighted by atomic mass is 10.1. The molecule has 0 bridgehead atoms. The van der Waals surface area contributed by atoms with E-state index in [-0.39, 0.29) is 0 Å². The fourth-order valence-corrected chi connectivity index (χ4v) is 4.39. The summed E-state index contributed by atoms with van der Waals surface area (Å²) in [7, 11) is 0.665. The van der Waals surface area contributed by atoms with Gasteiger partial charge in [-0.1, -0.05) is 25.7 Å². The van der Waals surface area contributed by atoms with Gasteiger partial charge < -0.3 is 20.5 Å². The highest BCUT2D eigenvalue weighted by molar-refractivity contribution is 6.76. The number of hydrogen-bond donors (Lipinski definition) is 3. The minimum absolute atomic E-state index is 0.389. The van der Waals surface area contributed by atoms with Gasteiger partial charge in [-0.25, -0.2) is 4.98 Å². The van der Waals surface area contributed by atoms with Crippen LogP contribution in [0.4, 0.5) is 17.5 Å². The maximum absolute atomic E-state index is 10.2. The maximum Gasteiger partial charge on any atom is 0.231 e. The second-order valence-electron chi connectivity index (χ2n) is 10.4. The van der Waals surface area contributed by atoms with E-state index in [1.54, 1.807) is 31.1 Å². The Kier molecular flexibility index (Phi) is 6.61. The Balaban J connectivity index is 1.61. The Morgan fingerprint density at radius 2 is 1.97 bits per heavy atom. The Morgan fingerprint density at radius 3 is 2.68 bits per heavy atom. The van der Waals surface area contributed by atoms with E-state index in [9.17, 15) is 5.11 Å². The van der Waals surface area contributed by atoms with Crippen LogP contribution in [0.15, 0.2) is 30.7 Å². The molecule has 0 unspecified atom stereocenters.